The molecule has 4 aliphatic carbocycles. The van der Waals surface area contributed by atoms with Gasteiger partial charge in [-0.2, -0.15) is 13.2 Å². The fourth-order valence-corrected chi connectivity index (χ4v) is 7.92. The number of methoxy groups -OCH3 is 1. The smallest absolute Gasteiger partial charge is 0.420 e. The van der Waals surface area contributed by atoms with Crippen LogP contribution in [0.5, 0.6) is 5.75 Å². The van der Waals surface area contributed by atoms with Gasteiger partial charge in [-0.1, -0.05) is 11.6 Å². The Balaban J connectivity index is 1.06. The highest BCUT2D eigenvalue weighted by Crippen LogP contribution is 2.55. The second-order valence-corrected chi connectivity index (χ2v) is 11.7. The fraction of sp³-hybridized carbons (Fsp3) is 0.630. The predicted octanol–water partition coefficient (Wildman–Crippen LogP) is 6.60. The van der Waals surface area contributed by atoms with Gasteiger partial charge in [-0.15, -0.1) is 0 Å². The zero-order valence-corrected chi connectivity index (χ0v) is 21.7. The molecule has 1 aliphatic heterocycles. The number of nitrogens with zero attached hydrogens (tertiary/aromatic N) is 3. The van der Waals surface area contributed by atoms with E-state index in [2.05, 4.69) is 25.5 Å². The molecule has 2 heterocycles. The van der Waals surface area contributed by atoms with Crippen molar-refractivity contribution in [3.8, 4) is 5.75 Å². The van der Waals surface area contributed by atoms with Crippen LogP contribution in [0.25, 0.3) is 0 Å². The summed E-state index contributed by atoms with van der Waals surface area (Å²) >= 11 is 5.73. The van der Waals surface area contributed by atoms with Gasteiger partial charge in [0.2, 0.25) is 5.95 Å². The molecule has 0 atom stereocenters. The van der Waals surface area contributed by atoms with Gasteiger partial charge in [0.25, 0.3) is 0 Å². The lowest BCUT2D eigenvalue weighted by molar-refractivity contribution is -0.137. The molecule has 0 radical (unpaired) electrons. The summed E-state index contributed by atoms with van der Waals surface area (Å²) in [5.74, 6) is 4.37. The predicted molar refractivity (Wildman–Crippen MR) is 137 cm³/mol. The minimum absolute atomic E-state index is 0.0332. The topological polar surface area (TPSA) is 62.3 Å². The first-order valence-electron chi connectivity index (χ1n) is 13.3. The molecule has 0 unspecified atom stereocenters. The van der Waals surface area contributed by atoms with E-state index >= 15 is 0 Å². The van der Waals surface area contributed by atoms with E-state index in [1.165, 1.54) is 32.1 Å². The number of piperidine rings is 1. The standard InChI is InChI=1S/C27H33ClF3N5O/c1-37-23-13-20(2-3-22(23)34-26-32-14-21(25(28)35-26)27(29,30)31)33-19-4-6-36(7-5-19)24-17-9-15-8-16(11-17)12-18(24)10-15/h2-3,13-19,24,33H,4-12H2,1H3,(H,32,34,35). The lowest BCUT2D eigenvalue weighted by Crippen LogP contribution is -2.58. The van der Waals surface area contributed by atoms with Crippen molar-refractivity contribution < 1.29 is 17.9 Å². The Hall–Kier alpha value is -2.26. The summed E-state index contributed by atoms with van der Waals surface area (Å²) < 4.78 is 44.3. The van der Waals surface area contributed by atoms with Crippen LogP contribution >= 0.6 is 11.6 Å². The molecular weight excluding hydrogens is 503 g/mol. The number of hydrogen-bond acceptors (Lipinski definition) is 6. The molecule has 1 saturated heterocycles. The largest absolute Gasteiger partial charge is 0.494 e. The van der Waals surface area contributed by atoms with Gasteiger partial charge in [-0.3, -0.25) is 4.90 Å². The highest BCUT2D eigenvalue weighted by Gasteiger charge is 2.50. The number of rotatable bonds is 6. The van der Waals surface area contributed by atoms with Crippen molar-refractivity contribution in [3.05, 3.63) is 35.1 Å². The van der Waals surface area contributed by atoms with E-state index in [1.54, 1.807) is 13.2 Å². The molecule has 0 amide bonds. The van der Waals surface area contributed by atoms with Gasteiger partial charge in [-0.25, -0.2) is 9.97 Å². The van der Waals surface area contributed by atoms with Crippen molar-refractivity contribution in [1.29, 1.82) is 0 Å². The van der Waals surface area contributed by atoms with Gasteiger partial charge >= 0.3 is 6.18 Å². The lowest BCUT2D eigenvalue weighted by atomic mass is 9.53. The molecule has 6 nitrogen and oxygen atoms in total. The van der Waals surface area contributed by atoms with E-state index in [4.69, 9.17) is 16.3 Å². The van der Waals surface area contributed by atoms with Crippen molar-refractivity contribution in [1.82, 2.24) is 14.9 Å². The minimum atomic E-state index is -4.60. The summed E-state index contributed by atoms with van der Waals surface area (Å²) in [5, 5.41) is 5.91. The second kappa shape index (κ2) is 9.80. The Kier molecular flexibility index (Phi) is 6.63. The van der Waals surface area contributed by atoms with Crippen LogP contribution in [-0.4, -0.2) is 47.2 Å². The summed E-state index contributed by atoms with van der Waals surface area (Å²) in [7, 11) is 1.55. The molecule has 1 aromatic heterocycles. The number of anilines is 3. The molecule has 10 heteroatoms. The van der Waals surface area contributed by atoms with Crippen molar-refractivity contribution >= 4 is 28.9 Å². The Morgan fingerprint density at radius 3 is 2.30 bits per heavy atom. The maximum Gasteiger partial charge on any atom is 0.420 e. The number of aromatic nitrogens is 2. The van der Waals surface area contributed by atoms with E-state index in [9.17, 15) is 13.2 Å². The van der Waals surface area contributed by atoms with Gasteiger partial charge in [0.15, 0.2) is 0 Å². The Labute approximate surface area is 220 Å². The van der Waals surface area contributed by atoms with Gasteiger partial charge in [0, 0.05) is 43.1 Å². The van der Waals surface area contributed by atoms with Gasteiger partial charge in [-0.05, 0) is 80.8 Å². The van der Waals surface area contributed by atoms with Crippen molar-refractivity contribution in [2.45, 2.75) is 63.2 Å². The number of alkyl halides is 3. The molecule has 1 aromatic carbocycles. The molecule has 4 bridgehead atoms. The number of ether oxygens (including phenoxy) is 1. The van der Waals surface area contributed by atoms with Gasteiger partial charge < -0.3 is 15.4 Å². The van der Waals surface area contributed by atoms with Gasteiger partial charge in [0.1, 0.15) is 16.5 Å². The molecule has 5 aliphatic rings. The van der Waals surface area contributed by atoms with E-state index < -0.39 is 16.9 Å². The van der Waals surface area contributed by atoms with Crippen LogP contribution in [0.3, 0.4) is 0 Å². The Morgan fingerprint density at radius 1 is 1.03 bits per heavy atom. The average molecular weight is 536 g/mol. The summed E-state index contributed by atoms with van der Waals surface area (Å²) in [5.41, 5.74) is 0.419. The van der Waals surface area contributed by atoms with Crippen molar-refractivity contribution in [3.63, 3.8) is 0 Å². The van der Waals surface area contributed by atoms with E-state index in [0.29, 0.717) is 23.7 Å². The van der Waals surface area contributed by atoms with Crippen LogP contribution < -0.4 is 15.4 Å². The number of benzene rings is 1. The summed E-state index contributed by atoms with van der Waals surface area (Å²) in [6.07, 6.45) is 5.63. The quantitative estimate of drug-likeness (QED) is 0.406. The maximum absolute atomic E-state index is 12.9. The molecule has 200 valence electrons. The number of hydrogen-bond donors (Lipinski definition) is 2. The number of halogens is 4. The zero-order valence-electron chi connectivity index (χ0n) is 20.9. The van der Waals surface area contributed by atoms with Crippen LogP contribution in [-0.2, 0) is 6.18 Å². The number of nitrogens with one attached hydrogen (secondary N) is 2. The van der Waals surface area contributed by atoms with Gasteiger partial charge in [0.05, 0.1) is 12.8 Å². The highest BCUT2D eigenvalue weighted by atomic mass is 35.5. The first-order valence-corrected chi connectivity index (χ1v) is 13.7. The van der Waals surface area contributed by atoms with Crippen LogP contribution in [0, 0.1) is 23.7 Å². The molecule has 37 heavy (non-hydrogen) atoms. The molecule has 4 saturated carbocycles. The third-order valence-corrected chi connectivity index (χ3v) is 9.28. The van der Waals surface area contributed by atoms with Crippen molar-refractivity contribution in [2.24, 2.45) is 23.7 Å². The zero-order chi connectivity index (χ0) is 25.7. The van der Waals surface area contributed by atoms with Crippen LogP contribution in [0.1, 0.15) is 50.5 Å². The Morgan fingerprint density at radius 2 is 1.70 bits per heavy atom. The van der Waals surface area contributed by atoms with E-state index in [-0.39, 0.29) is 5.95 Å². The first kappa shape index (κ1) is 25.0. The molecule has 0 spiro atoms. The minimum Gasteiger partial charge on any atom is -0.494 e. The maximum atomic E-state index is 12.9. The molecular formula is C27H33ClF3N5O. The van der Waals surface area contributed by atoms with Crippen LogP contribution in [0.2, 0.25) is 5.15 Å². The summed E-state index contributed by atoms with van der Waals surface area (Å²) in [4.78, 5) is 10.3. The normalized spacial score (nSPS) is 29.9. The van der Waals surface area contributed by atoms with Crippen molar-refractivity contribution in [2.75, 3.05) is 30.8 Å². The third-order valence-electron chi connectivity index (χ3n) is 8.99. The van der Waals surface area contributed by atoms with Crippen LogP contribution in [0.15, 0.2) is 24.4 Å². The van der Waals surface area contributed by atoms with E-state index in [0.717, 1.165) is 61.3 Å². The first-order chi connectivity index (χ1) is 17.8. The molecule has 2 N–H and O–H groups in total. The van der Waals surface area contributed by atoms with Crippen LogP contribution in [0.4, 0.5) is 30.5 Å². The molecule has 2 aromatic rings. The monoisotopic (exact) mass is 535 g/mol. The SMILES string of the molecule is COc1cc(NC2CCN(C3C4CC5CC(C4)CC3C5)CC2)ccc1Nc1ncc(C(F)(F)F)c(Cl)n1. The number of likely N-dealkylation sites (tertiary alicyclic amines) is 1. The summed E-state index contributed by atoms with van der Waals surface area (Å²) in [6, 6.07) is 6.83. The molecule has 5 fully saturated rings. The fourth-order valence-electron chi connectivity index (χ4n) is 7.69. The molecule has 7 rings (SSSR count). The highest BCUT2D eigenvalue weighted by molar-refractivity contribution is 6.30. The second-order valence-electron chi connectivity index (χ2n) is 11.3. The lowest BCUT2D eigenvalue weighted by Gasteiger charge is -2.58. The van der Waals surface area contributed by atoms with E-state index in [1.807, 2.05) is 12.1 Å². The average Bonchev–Trinajstić information content (AvgIpc) is 2.84. The Bertz CT molecular complexity index is 1110. The summed E-state index contributed by atoms with van der Waals surface area (Å²) in [6.45, 7) is 2.29. The third kappa shape index (κ3) is 5.09.